The fourth-order valence-electron chi connectivity index (χ4n) is 2.42. The van der Waals surface area contributed by atoms with Crippen LogP contribution in [0.5, 0.6) is 11.6 Å². The predicted molar refractivity (Wildman–Crippen MR) is 86.9 cm³/mol. The van der Waals surface area contributed by atoms with E-state index < -0.39 is 0 Å². The van der Waals surface area contributed by atoms with Gasteiger partial charge in [0.1, 0.15) is 11.3 Å². The van der Waals surface area contributed by atoms with Crippen LogP contribution in [0.1, 0.15) is 16.8 Å². The van der Waals surface area contributed by atoms with E-state index in [-0.39, 0.29) is 11.9 Å². The van der Waals surface area contributed by atoms with Crippen molar-refractivity contribution in [1.29, 1.82) is 0 Å². The van der Waals surface area contributed by atoms with Crippen molar-refractivity contribution in [3.8, 4) is 11.6 Å². The Kier molecular flexibility index (Phi) is 4.40. The van der Waals surface area contributed by atoms with Crippen molar-refractivity contribution >= 4 is 21.8 Å². The molecule has 1 atom stereocenters. The fraction of sp³-hybridized carbons (Fsp3) is 0.250. The summed E-state index contributed by atoms with van der Waals surface area (Å²) in [6, 6.07) is 10.9. The normalized spacial score (nSPS) is 17.5. The monoisotopic (exact) mass is 361 g/mol. The van der Waals surface area contributed by atoms with Crippen molar-refractivity contribution in [2.75, 3.05) is 13.1 Å². The number of hydrogen-bond acceptors (Lipinski definition) is 4. The second-order valence-corrected chi connectivity index (χ2v) is 6.13. The summed E-state index contributed by atoms with van der Waals surface area (Å²) in [6.45, 7) is 1.25. The molecule has 1 fully saturated rings. The quantitative estimate of drug-likeness (QED) is 0.912. The number of ether oxygens (including phenoxy) is 1. The van der Waals surface area contributed by atoms with E-state index in [1.54, 1.807) is 23.2 Å². The van der Waals surface area contributed by atoms with Gasteiger partial charge < -0.3 is 15.4 Å². The van der Waals surface area contributed by atoms with Gasteiger partial charge in [0, 0.05) is 29.8 Å². The maximum Gasteiger partial charge on any atom is 0.259 e. The molecule has 1 unspecified atom stereocenters. The van der Waals surface area contributed by atoms with E-state index in [0.717, 1.165) is 10.9 Å². The molecule has 1 aromatic carbocycles. The zero-order valence-electron chi connectivity index (χ0n) is 11.9. The van der Waals surface area contributed by atoms with E-state index in [1.807, 2.05) is 24.3 Å². The number of likely N-dealkylation sites (tertiary alicyclic amines) is 1. The topological polar surface area (TPSA) is 68.5 Å². The Morgan fingerprint density at radius 3 is 2.95 bits per heavy atom. The molecule has 1 aliphatic heterocycles. The highest BCUT2D eigenvalue weighted by Gasteiger charge is 2.27. The van der Waals surface area contributed by atoms with E-state index in [2.05, 4.69) is 20.9 Å². The number of halogens is 1. The molecule has 1 aromatic heterocycles. The van der Waals surface area contributed by atoms with E-state index in [9.17, 15) is 4.79 Å². The standard InChI is InChI=1S/C16H16BrN3O2/c17-11-3-1-4-13(9-11)22-15-14(5-2-7-19-15)16(21)20-8-6-12(18)10-20/h1-5,7,9,12H,6,8,10,18H2. The fourth-order valence-corrected chi connectivity index (χ4v) is 2.80. The lowest BCUT2D eigenvalue weighted by molar-refractivity contribution is 0.0787. The van der Waals surface area contributed by atoms with Crippen LogP contribution in [-0.2, 0) is 0 Å². The SMILES string of the molecule is NC1CCN(C(=O)c2cccnc2Oc2cccc(Br)c2)C1. The van der Waals surface area contributed by atoms with Gasteiger partial charge in [-0.3, -0.25) is 4.79 Å². The number of hydrogen-bond donors (Lipinski definition) is 1. The Bertz CT molecular complexity index is 693. The third-order valence-corrected chi connectivity index (χ3v) is 4.02. The Hall–Kier alpha value is -1.92. The number of benzene rings is 1. The number of nitrogens with zero attached hydrogens (tertiary/aromatic N) is 2. The molecular formula is C16H16BrN3O2. The average Bonchev–Trinajstić information content (AvgIpc) is 2.94. The van der Waals surface area contributed by atoms with Crippen molar-refractivity contribution in [3.05, 3.63) is 52.6 Å². The summed E-state index contributed by atoms with van der Waals surface area (Å²) in [5.74, 6) is 0.845. The molecule has 0 saturated carbocycles. The number of rotatable bonds is 3. The van der Waals surface area contributed by atoms with Crippen LogP contribution in [-0.4, -0.2) is 34.9 Å². The molecule has 22 heavy (non-hydrogen) atoms. The lowest BCUT2D eigenvalue weighted by Crippen LogP contribution is -2.32. The van der Waals surface area contributed by atoms with Crippen molar-refractivity contribution in [2.24, 2.45) is 5.73 Å². The van der Waals surface area contributed by atoms with Gasteiger partial charge in [-0.1, -0.05) is 22.0 Å². The van der Waals surface area contributed by atoms with Crippen LogP contribution in [0.2, 0.25) is 0 Å². The molecule has 0 spiro atoms. The van der Waals surface area contributed by atoms with E-state index >= 15 is 0 Å². The number of pyridine rings is 1. The highest BCUT2D eigenvalue weighted by Crippen LogP contribution is 2.26. The Morgan fingerprint density at radius 2 is 2.23 bits per heavy atom. The van der Waals surface area contributed by atoms with Gasteiger partial charge in [-0.05, 0) is 36.8 Å². The van der Waals surface area contributed by atoms with Crippen LogP contribution in [0.25, 0.3) is 0 Å². The number of amides is 1. The summed E-state index contributed by atoms with van der Waals surface area (Å²) >= 11 is 3.39. The molecule has 2 N–H and O–H groups in total. The van der Waals surface area contributed by atoms with Gasteiger partial charge >= 0.3 is 0 Å². The zero-order chi connectivity index (χ0) is 15.5. The largest absolute Gasteiger partial charge is 0.438 e. The van der Waals surface area contributed by atoms with Crippen LogP contribution in [0.4, 0.5) is 0 Å². The van der Waals surface area contributed by atoms with Crippen molar-refractivity contribution < 1.29 is 9.53 Å². The highest BCUT2D eigenvalue weighted by atomic mass is 79.9. The Labute approximate surface area is 137 Å². The van der Waals surface area contributed by atoms with Gasteiger partial charge in [-0.2, -0.15) is 0 Å². The third kappa shape index (κ3) is 3.28. The molecule has 3 rings (SSSR count). The van der Waals surface area contributed by atoms with Crippen molar-refractivity contribution in [3.63, 3.8) is 0 Å². The van der Waals surface area contributed by atoms with Gasteiger partial charge in [-0.25, -0.2) is 4.98 Å². The number of carbonyl (C=O) groups is 1. The molecule has 0 aliphatic carbocycles. The lowest BCUT2D eigenvalue weighted by atomic mass is 10.2. The molecule has 1 saturated heterocycles. The number of aromatic nitrogens is 1. The van der Waals surface area contributed by atoms with Crippen LogP contribution in [0, 0.1) is 0 Å². The molecule has 0 radical (unpaired) electrons. The van der Waals surface area contributed by atoms with Crippen molar-refractivity contribution in [2.45, 2.75) is 12.5 Å². The molecule has 114 valence electrons. The van der Waals surface area contributed by atoms with Gasteiger partial charge in [0.25, 0.3) is 5.91 Å². The van der Waals surface area contributed by atoms with E-state index in [4.69, 9.17) is 10.5 Å². The predicted octanol–water partition coefficient (Wildman–Crippen LogP) is 2.81. The first-order valence-corrected chi connectivity index (χ1v) is 7.86. The third-order valence-electron chi connectivity index (χ3n) is 3.52. The highest BCUT2D eigenvalue weighted by molar-refractivity contribution is 9.10. The summed E-state index contributed by atoms with van der Waals surface area (Å²) in [6.07, 6.45) is 2.44. The minimum absolute atomic E-state index is 0.0510. The van der Waals surface area contributed by atoms with Crippen LogP contribution < -0.4 is 10.5 Å². The van der Waals surface area contributed by atoms with Gasteiger partial charge in [0.2, 0.25) is 5.88 Å². The zero-order valence-corrected chi connectivity index (χ0v) is 13.5. The summed E-state index contributed by atoms with van der Waals surface area (Å²) in [7, 11) is 0. The summed E-state index contributed by atoms with van der Waals surface area (Å²) in [5, 5.41) is 0. The first kappa shape index (κ1) is 15.0. The summed E-state index contributed by atoms with van der Waals surface area (Å²) in [5.41, 5.74) is 6.33. The smallest absolute Gasteiger partial charge is 0.259 e. The molecule has 2 heterocycles. The van der Waals surface area contributed by atoms with Gasteiger partial charge in [0.05, 0.1) is 0 Å². The van der Waals surface area contributed by atoms with Crippen LogP contribution >= 0.6 is 15.9 Å². The first-order chi connectivity index (χ1) is 10.6. The lowest BCUT2D eigenvalue weighted by Gasteiger charge is -2.17. The second-order valence-electron chi connectivity index (χ2n) is 5.22. The van der Waals surface area contributed by atoms with Crippen LogP contribution in [0.3, 0.4) is 0 Å². The Balaban J connectivity index is 1.85. The van der Waals surface area contributed by atoms with Crippen LogP contribution in [0.15, 0.2) is 47.1 Å². The Morgan fingerprint density at radius 1 is 1.36 bits per heavy atom. The molecule has 0 bridgehead atoms. The molecule has 2 aromatic rings. The minimum atomic E-state index is -0.0916. The second kappa shape index (κ2) is 6.46. The van der Waals surface area contributed by atoms with Gasteiger partial charge in [0.15, 0.2) is 0 Å². The summed E-state index contributed by atoms with van der Waals surface area (Å²) < 4.78 is 6.68. The molecule has 1 aliphatic rings. The molecule has 6 heteroatoms. The maximum absolute atomic E-state index is 12.6. The molecular weight excluding hydrogens is 346 g/mol. The van der Waals surface area contributed by atoms with E-state index in [0.29, 0.717) is 30.3 Å². The number of carbonyl (C=O) groups excluding carboxylic acids is 1. The van der Waals surface area contributed by atoms with E-state index in [1.165, 1.54) is 0 Å². The molecule has 1 amide bonds. The maximum atomic E-state index is 12.6. The molecule has 5 nitrogen and oxygen atoms in total. The van der Waals surface area contributed by atoms with Crippen molar-refractivity contribution in [1.82, 2.24) is 9.88 Å². The van der Waals surface area contributed by atoms with Gasteiger partial charge in [-0.15, -0.1) is 0 Å². The summed E-state index contributed by atoms with van der Waals surface area (Å²) in [4.78, 5) is 18.6. The minimum Gasteiger partial charge on any atom is -0.438 e. The first-order valence-electron chi connectivity index (χ1n) is 7.07. The number of nitrogens with two attached hydrogens (primary N) is 1. The average molecular weight is 362 g/mol.